The predicted octanol–water partition coefficient (Wildman–Crippen LogP) is 4.81. The molecule has 1 heterocycles. The lowest BCUT2D eigenvalue weighted by atomic mass is 10.1. The number of amides is 1. The quantitative estimate of drug-likeness (QED) is 0.241. The Morgan fingerprint density at radius 1 is 1.13 bits per heavy atom. The Hall–Kier alpha value is -2.64. The molecule has 1 amide bonds. The van der Waals surface area contributed by atoms with E-state index in [0.29, 0.717) is 28.2 Å². The molecule has 0 saturated carbocycles. The van der Waals surface area contributed by atoms with Crippen molar-refractivity contribution in [2.24, 2.45) is 0 Å². The number of carbonyl (C=O) groups is 2. The van der Waals surface area contributed by atoms with Gasteiger partial charge in [0.25, 0.3) is 5.91 Å². The molecule has 0 aromatic heterocycles. The van der Waals surface area contributed by atoms with Gasteiger partial charge in [0, 0.05) is 5.56 Å². The molecule has 1 saturated heterocycles. The van der Waals surface area contributed by atoms with E-state index in [1.54, 1.807) is 6.08 Å². The molecule has 0 aliphatic carbocycles. The summed E-state index contributed by atoms with van der Waals surface area (Å²) in [6, 6.07) is 17.4. The van der Waals surface area contributed by atoms with Crippen molar-refractivity contribution in [3.8, 4) is 5.75 Å². The molecule has 0 atom stereocenters. The van der Waals surface area contributed by atoms with Crippen LogP contribution in [0.15, 0.2) is 59.5 Å². The molecule has 1 aliphatic heterocycles. The second-order valence-electron chi connectivity index (χ2n) is 6.65. The molecule has 0 N–H and O–H groups in total. The van der Waals surface area contributed by atoms with Gasteiger partial charge < -0.3 is 9.47 Å². The Kier molecular flexibility index (Phi) is 8.04. The van der Waals surface area contributed by atoms with Crippen molar-refractivity contribution in [1.29, 1.82) is 0 Å². The zero-order chi connectivity index (χ0) is 21.3. The molecule has 1 fully saturated rings. The fourth-order valence-electron chi connectivity index (χ4n) is 2.75. The van der Waals surface area contributed by atoms with E-state index in [1.165, 1.54) is 16.7 Å². The number of esters is 1. The first-order chi connectivity index (χ1) is 14.6. The van der Waals surface area contributed by atoms with E-state index in [4.69, 9.17) is 21.7 Å². The van der Waals surface area contributed by atoms with Crippen LogP contribution in [0.25, 0.3) is 6.08 Å². The van der Waals surface area contributed by atoms with E-state index in [2.05, 4.69) is 0 Å². The highest BCUT2D eigenvalue weighted by Crippen LogP contribution is 2.34. The number of ether oxygens (including phenoxy) is 2. The summed E-state index contributed by atoms with van der Waals surface area (Å²) < 4.78 is 11.5. The Balaban J connectivity index is 1.69. The molecule has 5 nitrogen and oxygen atoms in total. The second kappa shape index (κ2) is 10.9. The number of thiocarbonyl (C=S) groups is 1. The van der Waals surface area contributed by atoms with E-state index < -0.39 is 5.97 Å². The smallest absolute Gasteiger partial charge is 0.326 e. The first-order valence-corrected chi connectivity index (χ1v) is 11.0. The molecule has 0 bridgehead atoms. The summed E-state index contributed by atoms with van der Waals surface area (Å²) in [6.45, 7) is 2.63. The van der Waals surface area contributed by atoms with Gasteiger partial charge in [0.1, 0.15) is 23.2 Å². The number of hydrogen-bond acceptors (Lipinski definition) is 6. The molecule has 3 rings (SSSR count). The van der Waals surface area contributed by atoms with Crippen molar-refractivity contribution in [2.75, 3.05) is 13.2 Å². The number of benzene rings is 2. The van der Waals surface area contributed by atoms with Gasteiger partial charge in [0.2, 0.25) is 0 Å². The van der Waals surface area contributed by atoms with Gasteiger partial charge in [-0.25, -0.2) is 0 Å². The molecule has 156 valence electrons. The highest BCUT2D eigenvalue weighted by atomic mass is 32.2. The van der Waals surface area contributed by atoms with Crippen LogP contribution < -0.4 is 4.74 Å². The minimum Gasteiger partial charge on any atom is -0.488 e. The van der Waals surface area contributed by atoms with Crippen molar-refractivity contribution in [3.63, 3.8) is 0 Å². The van der Waals surface area contributed by atoms with Crippen molar-refractivity contribution in [1.82, 2.24) is 4.90 Å². The standard InChI is InChI=1S/C23H23NO4S2/c1-2-3-13-27-21(25)15-24-22(26)20(30-23(24)29)14-18-11-7-8-12-19(18)28-16-17-9-5-4-6-10-17/h4-12,14H,2-3,13,15-16H2,1H3/b20-14-. The number of unbranched alkanes of at least 4 members (excludes halogenated alkanes) is 1. The maximum absolute atomic E-state index is 12.8. The van der Waals surface area contributed by atoms with Crippen molar-refractivity contribution < 1.29 is 19.1 Å². The maximum Gasteiger partial charge on any atom is 0.326 e. The highest BCUT2D eigenvalue weighted by molar-refractivity contribution is 8.26. The van der Waals surface area contributed by atoms with Gasteiger partial charge in [0.05, 0.1) is 11.5 Å². The molecule has 0 spiro atoms. The monoisotopic (exact) mass is 441 g/mol. The largest absolute Gasteiger partial charge is 0.488 e. The molecular weight excluding hydrogens is 418 g/mol. The third-order valence-electron chi connectivity index (χ3n) is 4.36. The molecule has 7 heteroatoms. The van der Waals surface area contributed by atoms with Crippen LogP contribution in [0.5, 0.6) is 5.75 Å². The minimum absolute atomic E-state index is 0.169. The van der Waals surface area contributed by atoms with Gasteiger partial charge in [-0.15, -0.1) is 0 Å². The summed E-state index contributed by atoms with van der Waals surface area (Å²) in [5, 5.41) is 0. The van der Waals surface area contributed by atoms with Gasteiger partial charge in [-0.05, 0) is 24.1 Å². The molecule has 1 aliphatic rings. The average molecular weight is 442 g/mol. The minimum atomic E-state index is -0.451. The maximum atomic E-state index is 12.8. The summed E-state index contributed by atoms with van der Waals surface area (Å²) in [5.41, 5.74) is 1.83. The van der Waals surface area contributed by atoms with Crippen LogP contribution in [-0.4, -0.2) is 34.2 Å². The van der Waals surface area contributed by atoms with Crippen LogP contribution in [0.3, 0.4) is 0 Å². The van der Waals surface area contributed by atoms with E-state index in [1.807, 2.05) is 61.5 Å². The fraction of sp³-hybridized carbons (Fsp3) is 0.261. The van der Waals surface area contributed by atoms with Crippen LogP contribution in [-0.2, 0) is 20.9 Å². The lowest BCUT2D eigenvalue weighted by Crippen LogP contribution is -2.34. The SMILES string of the molecule is CCCCOC(=O)CN1C(=O)/C(=C/c2ccccc2OCc2ccccc2)SC1=S. The van der Waals surface area contributed by atoms with Gasteiger partial charge >= 0.3 is 5.97 Å². The average Bonchev–Trinajstić information content (AvgIpc) is 3.01. The Bertz CT molecular complexity index is 943. The van der Waals surface area contributed by atoms with Crippen LogP contribution in [0.1, 0.15) is 30.9 Å². The first-order valence-electron chi connectivity index (χ1n) is 9.75. The zero-order valence-electron chi connectivity index (χ0n) is 16.7. The molecule has 2 aromatic rings. The topological polar surface area (TPSA) is 55.8 Å². The Morgan fingerprint density at radius 3 is 2.63 bits per heavy atom. The number of thioether (sulfide) groups is 1. The third kappa shape index (κ3) is 5.93. The second-order valence-corrected chi connectivity index (χ2v) is 8.33. The van der Waals surface area contributed by atoms with Crippen LogP contribution >= 0.6 is 24.0 Å². The van der Waals surface area contributed by atoms with Crippen LogP contribution in [0, 0.1) is 0 Å². The van der Waals surface area contributed by atoms with Crippen molar-refractivity contribution in [2.45, 2.75) is 26.4 Å². The Labute approximate surface area is 186 Å². The van der Waals surface area contributed by atoms with Crippen molar-refractivity contribution in [3.05, 3.63) is 70.6 Å². The number of hydrogen-bond donors (Lipinski definition) is 0. The molecule has 30 heavy (non-hydrogen) atoms. The molecule has 0 radical (unpaired) electrons. The summed E-state index contributed by atoms with van der Waals surface area (Å²) in [6.07, 6.45) is 3.48. The predicted molar refractivity (Wildman–Crippen MR) is 123 cm³/mol. The number of carbonyl (C=O) groups excluding carboxylic acids is 2. The van der Waals surface area contributed by atoms with Gasteiger partial charge in [-0.1, -0.05) is 85.9 Å². The van der Waals surface area contributed by atoms with Gasteiger partial charge in [-0.3, -0.25) is 14.5 Å². The Morgan fingerprint density at radius 2 is 1.87 bits per heavy atom. The summed E-state index contributed by atoms with van der Waals surface area (Å²) in [7, 11) is 0. The van der Waals surface area contributed by atoms with E-state index in [0.717, 1.165) is 24.0 Å². The highest BCUT2D eigenvalue weighted by Gasteiger charge is 2.34. The molecule has 2 aromatic carbocycles. The lowest BCUT2D eigenvalue weighted by Gasteiger charge is -2.13. The zero-order valence-corrected chi connectivity index (χ0v) is 18.3. The lowest BCUT2D eigenvalue weighted by molar-refractivity contribution is -0.146. The fourth-order valence-corrected chi connectivity index (χ4v) is 4.00. The molecule has 0 unspecified atom stereocenters. The normalized spacial score (nSPS) is 15.0. The third-order valence-corrected chi connectivity index (χ3v) is 5.74. The first kappa shape index (κ1) is 22.1. The summed E-state index contributed by atoms with van der Waals surface area (Å²) in [4.78, 5) is 26.5. The van der Waals surface area contributed by atoms with E-state index in [9.17, 15) is 9.59 Å². The molecular formula is C23H23NO4S2. The summed E-state index contributed by atoms with van der Waals surface area (Å²) >= 11 is 6.48. The van der Waals surface area contributed by atoms with E-state index in [-0.39, 0.29) is 12.5 Å². The van der Waals surface area contributed by atoms with Crippen molar-refractivity contribution >= 4 is 46.3 Å². The van der Waals surface area contributed by atoms with Crippen LogP contribution in [0.4, 0.5) is 0 Å². The van der Waals surface area contributed by atoms with Gasteiger partial charge in [0.15, 0.2) is 0 Å². The summed E-state index contributed by atoms with van der Waals surface area (Å²) in [5.74, 6) is -0.0755. The van der Waals surface area contributed by atoms with Crippen LogP contribution in [0.2, 0.25) is 0 Å². The van der Waals surface area contributed by atoms with Gasteiger partial charge in [-0.2, -0.15) is 0 Å². The number of nitrogens with zero attached hydrogens (tertiary/aromatic N) is 1. The number of rotatable bonds is 9. The number of para-hydroxylation sites is 1. The van der Waals surface area contributed by atoms with E-state index >= 15 is 0 Å².